The van der Waals surface area contributed by atoms with Crippen LogP contribution in [0.5, 0.6) is 0 Å². The van der Waals surface area contributed by atoms with Gasteiger partial charge in [0.05, 0.1) is 19.3 Å². The van der Waals surface area contributed by atoms with Gasteiger partial charge in [-0.1, -0.05) is 18.2 Å². The summed E-state index contributed by atoms with van der Waals surface area (Å²) < 4.78 is 10.6. The van der Waals surface area contributed by atoms with E-state index in [9.17, 15) is 5.11 Å². The SMILES string of the molecule is CN(CC(O)CN1CCOCC1)c1noc(-c2ccccc2)n1. The number of likely N-dealkylation sites (N-methyl/N-ethyl adjacent to an activating group) is 1. The maximum absolute atomic E-state index is 10.2. The predicted molar refractivity (Wildman–Crippen MR) is 86.3 cm³/mol. The largest absolute Gasteiger partial charge is 0.390 e. The molecule has 1 N–H and O–H groups in total. The summed E-state index contributed by atoms with van der Waals surface area (Å²) in [4.78, 5) is 8.39. The average molecular weight is 318 g/mol. The third-order valence-corrected chi connectivity index (χ3v) is 3.83. The monoisotopic (exact) mass is 318 g/mol. The molecule has 1 saturated heterocycles. The molecule has 2 aromatic rings. The molecule has 1 unspecified atom stereocenters. The van der Waals surface area contributed by atoms with Gasteiger partial charge in [0.25, 0.3) is 11.8 Å². The Labute approximate surface area is 135 Å². The molecule has 0 saturated carbocycles. The lowest BCUT2D eigenvalue weighted by atomic mass is 10.2. The highest BCUT2D eigenvalue weighted by Gasteiger charge is 2.18. The molecule has 3 rings (SSSR count). The van der Waals surface area contributed by atoms with E-state index in [0.29, 0.717) is 24.9 Å². The Morgan fingerprint density at radius 1 is 1.26 bits per heavy atom. The third-order valence-electron chi connectivity index (χ3n) is 3.83. The van der Waals surface area contributed by atoms with E-state index in [1.807, 2.05) is 37.4 Å². The van der Waals surface area contributed by atoms with Gasteiger partial charge in [-0.3, -0.25) is 4.90 Å². The first-order valence-corrected chi connectivity index (χ1v) is 7.81. The zero-order chi connectivity index (χ0) is 16.1. The van der Waals surface area contributed by atoms with Gasteiger partial charge in [0.15, 0.2) is 0 Å². The number of aromatic nitrogens is 2. The zero-order valence-electron chi connectivity index (χ0n) is 13.3. The average Bonchev–Trinajstić information content (AvgIpc) is 3.06. The van der Waals surface area contributed by atoms with Gasteiger partial charge >= 0.3 is 0 Å². The lowest BCUT2D eigenvalue weighted by Gasteiger charge is -2.29. The second-order valence-electron chi connectivity index (χ2n) is 5.71. The minimum absolute atomic E-state index is 0.450. The Bertz CT molecular complexity index is 598. The van der Waals surface area contributed by atoms with Gasteiger partial charge in [-0.25, -0.2) is 0 Å². The number of β-amino-alcohol motifs (C(OH)–C–C–N with tert-alkyl or cyclic N) is 1. The standard InChI is InChI=1S/C16H22N4O3/c1-19(11-14(21)12-20-7-9-22-10-8-20)16-17-15(23-18-16)13-5-3-2-4-6-13/h2-6,14,21H,7-12H2,1H3. The van der Waals surface area contributed by atoms with Crippen LogP contribution in [0.25, 0.3) is 11.5 Å². The van der Waals surface area contributed by atoms with Gasteiger partial charge < -0.3 is 19.3 Å². The van der Waals surface area contributed by atoms with Gasteiger partial charge in [-0.05, 0) is 17.3 Å². The molecule has 7 nitrogen and oxygen atoms in total. The first-order valence-electron chi connectivity index (χ1n) is 7.81. The number of ether oxygens (including phenoxy) is 1. The molecule has 1 fully saturated rings. The van der Waals surface area contributed by atoms with Crippen LogP contribution in [0.1, 0.15) is 0 Å². The van der Waals surface area contributed by atoms with Crippen LogP contribution >= 0.6 is 0 Å². The molecule has 0 radical (unpaired) electrons. The van der Waals surface area contributed by atoms with Crippen LogP contribution in [0.2, 0.25) is 0 Å². The van der Waals surface area contributed by atoms with Crippen molar-refractivity contribution in [3.05, 3.63) is 30.3 Å². The molecule has 1 aromatic carbocycles. The van der Waals surface area contributed by atoms with E-state index in [-0.39, 0.29) is 0 Å². The van der Waals surface area contributed by atoms with Crippen LogP contribution in [0.4, 0.5) is 5.95 Å². The molecule has 0 spiro atoms. The number of hydrogen-bond donors (Lipinski definition) is 1. The minimum atomic E-state index is -0.475. The van der Waals surface area contributed by atoms with Crippen molar-refractivity contribution in [3.63, 3.8) is 0 Å². The lowest BCUT2D eigenvalue weighted by Crippen LogP contribution is -2.44. The molecule has 1 aliphatic rings. The molecule has 124 valence electrons. The summed E-state index contributed by atoms with van der Waals surface area (Å²) in [5.74, 6) is 0.958. The number of aliphatic hydroxyl groups is 1. The number of nitrogens with zero attached hydrogens (tertiary/aromatic N) is 4. The van der Waals surface area contributed by atoms with Crippen molar-refractivity contribution >= 4 is 5.95 Å². The highest BCUT2D eigenvalue weighted by molar-refractivity contribution is 5.53. The number of anilines is 1. The van der Waals surface area contributed by atoms with Crippen LogP contribution in [-0.2, 0) is 4.74 Å². The molecule has 7 heteroatoms. The quantitative estimate of drug-likeness (QED) is 0.847. The topological polar surface area (TPSA) is 74.9 Å². The van der Waals surface area contributed by atoms with Crippen molar-refractivity contribution in [2.24, 2.45) is 0 Å². The lowest BCUT2D eigenvalue weighted by molar-refractivity contribution is 0.0162. The van der Waals surface area contributed by atoms with Crippen LogP contribution < -0.4 is 4.90 Å². The summed E-state index contributed by atoms with van der Waals surface area (Å²) in [6.45, 7) is 4.26. The number of benzene rings is 1. The normalized spacial score (nSPS) is 17.1. The second-order valence-corrected chi connectivity index (χ2v) is 5.71. The molecule has 0 bridgehead atoms. The molecule has 23 heavy (non-hydrogen) atoms. The fourth-order valence-corrected chi connectivity index (χ4v) is 2.61. The molecule has 1 atom stereocenters. The molecular weight excluding hydrogens is 296 g/mol. The van der Waals surface area contributed by atoms with Crippen LogP contribution in [0, 0.1) is 0 Å². The van der Waals surface area contributed by atoms with Crippen molar-refractivity contribution in [2.75, 3.05) is 51.3 Å². The summed E-state index contributed by atoms with van der Waals surface area (Å²) in [5, 5.41) is 14.2. The molecule has 0 aliphatic carbocycles. The van der Waals surface area contributed by atoms with Gasteiger partial charge in [0, 0.05) is 38.8 Å². The maximum Gasteiger partial charge on any atom is 0.266 e. The van der Waals surface area contributed by atoms with Crippen LogP contribution in [0.3, 0.4) is 0 Å². The fraction of sp³-hybridized carbons (Fsp3) is 0.500. The number of hydrogen-bond acceptors (Lipinski definition) is 7. The summed E-state index contributed by atoms with van der Waals surface area (Å²) in [6, 6.07) is 9.63. The second kappa shape index (κ2) is 7.54. The molecular formula is C16H22N4O3. The van der Waals surface area contributed by atoms with E-state index in [1.54, 1.807) is 4.90 Å². The molecule has 1 aliphatic heterocycles. The third kappa shape index (κ3) is 4.28. The van der Waals surface area contributed by atoms with Crippen molar-refractivity contribution in [3.8, 4) is 11.5 Å². The Morgan fingerprint density at radius 2 is 2.00 bits per heavy atom. The Kier molecular flexibility index (Phi) is 5.22. The fourth-order valence-electron chi connectivity index (χ4n) is 2.61. The highest BCUT2D eigenvalue weighted by atomic mass is 16.5. The van der Waals surface area contributed by atoms with E-state index in [4.69, 9.17) is 9.26 Å². The van der Waals surface area contributed by atoms with Crippen LogP contribution in [0.15, 0.2) is 34.9 Å². The first kappa shape index (κ1) is 15.9. The smallest absolute Gasteiger partial charge is 0.266 e. The van der Waals surface area contributed by atoms with E-state index < -0.39 is 6.10 Å². The van der Waals surface area contributed by atoms with E-state index in [0.717, 1.165) is 31.9 Å². The zero-order valence-corrected chi connectivity index (χ0v) is 13.3. The van der Waals surface area contributed by atoms with Gasteiger partial charge in [0.1, 0.15) is 0 Å². The summed E-state index contributed by atoms with van der Waals surface area (Å²) in [7, 11) is 1.85. The predicted octanol–water partition coefficient (Wildman–Crippen LogP) is 0.866. The number of rotatable bonds is 6. The van der Waals surface area contributed by atoms with Crippen molar-refractivity contribution in [2.45, 2.75) is 6.10 Å². The maximum atomic E-state index is 10.2. The Balaban J connectivity index is 1.55. The van der Waals surface area contributed by atoms with Crippen LogP contribution in [-0.4, -0.2) is 72.7 Å². The van der Waals surface area contributed by atoms with Gasteiger partial charge in [-0.2, -0.15) is 4.98 Å². The van der Waals surface area contributed by atoms with Crippen molar-refractivity contribution in [1.29, 1.82) is 0 Å². The Morgan fingerprint density at radius 3 is 2.74 bits per heavy atom. The summed E-state index contributed by atoms with van der Waals surface area (Å²) >= 11 is 0. The van der Waals surface area contributed by atoms with Crippen molar-refractivity contribution < 1.29 is 14.4 Å². The minimum Gasteiger partial charge on any atom is -0.390 e. The van der Waals surface area contributed by atoms with E-state index in [1.165, 1.54) is 0 Å². The van der Waals surface area contributed by atoms with Crippen molar-refractivity contribution in [1.82, 2.24) is 15.0 Å². The van der Waals surface area contributed by atoms with E-state index >= 15 is 0 Å². The molecule has 0 amide bonds. The van der Waals surface area contributed by atoms with Gasteiger partial charge in [-0.15, -0.1) is 0 Å². The summed E-state index contributed by atoms with van der Waals surface area (Å²) in [5.41, 5.74) is 0.883. The summed E-state index contributed by atoms with van der Waals surface area (Å²) in [6.07, 6.45) is -0.475. The first-order chi connectivity index (χ1) is 11.2. The van der Waals surface area contributed by atoms with Gasteiger partial charge in [0.2, 0.25) is 0 Å². The Hall–Kier alpha value is -1.96. The number of morpholine rings is 1. The number of aliphatic hydroxyl groups excluding tert-OH is 1. The van der Waals surface area contributed by atoms with E-state index in [2.05, 4.69) is 15.0 Å². The molecule has 2 heterocycles. The highest BCUT2D eigenvalue weighted by Crippen LogP contribution is 2.19. The molecule has 1 aromatic heterocycles.